The fourth-order valence-electron chi connectivity index (χ4n) is 10.5. The van der Waals surface area contributed by atoms with Crippen LogP contribution in [0.1, 0.15) is 22.3 Å². The quantitative estimate of drug-likeness (QED) is 0.175. The molecule has 0 saturated carbocycles. The van der Waals surface area contributed by atoms with Gasteiger partial charge in [-0.05, 0) is 93.4 Å². The second-order valence-electron chi connectivity index (χ2n) is 15.2. The molecule has 0 unspecified atom stereocenters. The zero-order chi connectivity index (χ0) is 36.5. The zero-order valence-electron chi connectivity index (χ0n) is 30.3. The third-order valence-electron chi connectivity index (χ3n) is 12.5. The highest BCUT2D eigenvalue weighted by molar-refractivity contribution is 7.25. The molecule has 0 N–H and O–H groups in total. The maximum atomic E-state index is 2.51. The van der Waals surface area contributed by atoms with Gasteiger partial charge in [0.1, 0.15) is 0 Å². The first-order valence-corrected chi connectivity index (χ1v) is 20.2. The summed E-state index contributed by atoms with van der Waals surface area (Å²) in [5.41, 5.74) is 14.6. The SMILES string of the molecule is c1ccc(N(c2ccc3c(c2)sc2ccccc23)c2cc3c4c5c(cccc25)C2(c5ccccc5-c5ccccc52)c2cccc(c24)n3-c2ccccc2)cc1. The molecule has 2 aromatic heterocycles. The van der Waals surface area contributed by atoms with Gasteiger partial charge in [0.15, 0.2) is 0 Å². The Morgan fingerprint density at radius 3 is 1.79 bits per heavy atom. The van der Waals surface area contributed by atoms with E-state index in [4.69, 9.17) is 0 Å². The number of benzene rings is 9. The van der Waals surface area contributed by atoms with E-state index in [-0.39, 0.29) is 0 Å². The van der Waals surface area contributed by atoms with Crippen molar-refractivity contribution in [2.75, 3.05) is 4.90 Å². The molecule has 11 aromatic rings. The fraction of sp³-hybridized carbons (Fsp3) is 0.0189. The first-order valence-electron chi connectivity index (χ1n) is 19.4. The van der Waals surface area contributed by atoms with Crippen LogP contribution >= 0.6 is 11.3 Å². The van der Waals surface area contributed by atoms with Gasteiger partial charge >= 0.3 is 0 Å². The van der Waals surface area contributed by atoms with Crippen molar-refractivity contribution in [3.63, 3.8) is 0 Å². The molecule has 9 aromatic carbocycles. The number of rotatable bonds is 4. The van der Waals surface area contributed by atoms with Crippen molar-refractivity contribution in [2.45, 2.75) is 5.41 Å². The molecule has 2 heterocycles. The number of anilines is 3. The molecule has 2 aliphatic rings. The van der Waals surface area contributed by atoms with E-state index in [1.54, 1.807) is 0 Å². The van der Waals surface area contributed by atoms with Crippen molar-refractivity contribution in [3.05, 3.63) is 216 Å². The van der Waals surface area contributed by atoms with Crippen molar-refractivity contribution in [2.24, 2.45) is 0 Å². The van der Waals surface area contributed by atoms with Crippen LogP contribution in [0.5, 0.6) is 0 Å². The predicted molar refractivity (Wildman–Crippen MR) is 237 cm³/mol. The van der Waals surface area contributed by atoms with Gasteiger partial charge in [-0.15, -0.1) is 11.3 Å². The summed E-state index contributed by atoms with van der Waals surface area (Å²) in [4.78, 5) is 2.49. The number of nitrogens with zero attached hydrogens (tertiary/aromatic N) is 2. The molecule has 0 radical (unpaired) electrons. The molecule has 0 atom stereocenters. The van der Waals surface area contributed by atoms with Gasteiger partial charge in [0, 0.05) is 53.4 Å². The van der Waals surface area contributed by atoms with Crippen LogP contribution in [-0.4, -0.2) is 4.57 Å². The highest BCUT2D eigenvalue weighted by Crippen LogP contribution is 2.63. The normalized spacial score (nSPS) is 13.5. The molecule has 0 aliphatic heterocycles. The maximum absolute atomic E-state index is 2.51. The van der Waals surface area contributed by atoms with Crippen LogP contribution < -0.4 is 4.90 Å². The van der Waals surface area contributed by atoms with Crippen molar-refractivity contribution in [3.8, 4) is 16.8 Å². The predicted octanol–water partition coefficient (Wildman–Crippen LogP) is 14.5. The summed E-state index contributed by atoms with van der Waals surface area (Å²) in [5.74, 6) is 0. The summed E-state index contributed by atoms with van der Waals surface area (Å²) in [7, 11) is 0. The largest absolute Gasteiger partial charge is 0.310 e. The number of fused-ring (bicyclic) bond motifs is 10. The lowest BCUT2D eigenvalue weighted by Crippen LogP contribution is -2.30. The van der Waals surface area contributed by atoms with Gasteiger partial charge < -0.3 is 9.47 Å². The van der Waals surface area contributed by atoms with Gasteiger partial charge in [-0.2, -0.15) is 0 Å². The summed E-state index contributed by atoms with van der Waals surface area (Å²) < 4.78 is 5.12. The van der Waals surface area contributed by atoms with Gasteiger partial charge in [-0.1, -0.05) is 140 Å². The molecular weight excluding hydrogens is 697 g/mol. The summed E-state index contributed by atoms with van der Waals surface area (Å²) in [6.07, 6.45) is 0. The second-order valence-corrected chi connectivity index (χ2v) is 16.3. The lowest BCUT2D eigenvalue weighted by atomic mass is 9.63. The fourth-order valence-corrected chi connectivity index (χ4v) is 11.6. The van der Waals surface area contributed by atoms with E-state index in [0.29, 0.717) is 0 Å². The Morgan fingerprint density at radius 1 is 0.393 bits per heavy atom. The van der Waals surface area contributed by atoms with Gasteiger partial charge in [0.25, 0.3) is 0 Å². The lowest BCUT2D eigenvalue weighted by molar-refractivity contribution is 0.783. The first kappa shape index (κ1) is 30.4. The van der Waals surface area contributed by atoms with Crippen molar-refractivity contribution in [1.29, 1.82) is 0 Å². The average molecular weight is 729 g/mol. The number of para-hydroxylation sites is 2. The Bertz CT molecular complexity index is 3380. The molecule has 0 saturated heterocycles. The van der Waals surface area contributed by atoms with E-state index in [1.165, 1.54) is 91.8 Å². The Morgan fingerprint density at radius 2 is 1.00 bits per heavy atom. The lowest BCUT2D eigenvalue weighted by Gasteiger charge is -2.38. The van der Waals surface area contributed by atoms with E-state index in [2.05, 4.69) is 204 Å². The van der Waals surface area contributed by atoms with Gasteiger partial charge in [0.05, 0.1) is 22.1 Å². The van der Waals surface area contributed by atoms with Crippen molar-refractivity contribution in [1.82, 2.24) is 4.57 Å². The van der Waals surface area contributed by atoms with Gasteiger partial charge in [0.2, 0.25) is 0 Å². The molecule has 1 spiro atoms. The van der Waals surface area contributed by atoms with Crippen LogP contribution in [-0.2, 0) is 5.41 Å². The highest BCUT2D eigenvalue weighted by atomic mass is 32.1. The van der Waals surface area contributed by atoms with E-state index in [9.17, 15) is 0 Å². The third kappa shape index (κ3) is 3.75. The number of hydrogen-bond donors (Lipinski definition) is 0. The summed E-state index contributed by atoms with van der Waals surface area (Å²) in [6, 6.07) is 72.5. The van der Waals surface area contributed by atoms with Crippen LogP contribution in [0, 0.1) is 0 Å². The Kier molecular flexibility index (Phi) is 6.01. The standard InChI is InChI=1S/C53H32N2S/c1-3-15-33(16-4-1)54(35-29-30-39-38-21-9-12-28-48(38)56-49(39)31-35)46-32-47-52-50-40(46)22-13-25-43(50)53(41-23-10-7-19-36(41)37-20-8-11-24-42(37)53)44-26-14-27-45(51(44)52)55(47)34-17-5-2-6-18-34/h1-32H. The molecule has 3 heteroatoms. The van der Waals surface area contributed by atoms with E-state index in [1.807, 2.05) is 11.3 Å². The number of aromatic nitrogens is 1. The number of hydrogen-bond acceptors (Lipinski definition) is 2. The van der Waals surface area contributed by atoms with Crippen LogP contribution in [0.4, 0.5) is 17.1 Å². The highest BCUT2D eigenvalue weighted by Gasteiger charge is 2.50. The minimum absolute atomic E-state index is 0.485. The minimum Gasteiger partial charge on any atom is -0.310 e. The Balaban J connectivity index is 1.22. The molecule has 13 rings (SSSR count). The minimum atomic E-state index is -0.485. The van der Waals surface area contributed by atoms with Gasteiger partial charge in [-0.25, -0.2) is 0 Å². The molecule has 0 bridgehead atoms. The second kappa shape index (κ2) is 11.1. The molecule has 0 amide bonds. The topological polar surface area (TPSA) is 8.17 Å². The summed E-state index contributed by atoms with van der Waals surface area (Å²) in [6.45, 7) is 0. The molecule has 0 fully saturated rings. The van der Waals surface area contributed by atoms with Crippen LogP contribution in [0.2, 0.25) is 0 Å². The Labute approximate surface area is 327 Å². The zero-order valence-corrected chi connectivity index (χ0v) is 31.1. The summed E-state index contributed by atoms with van der Waals surface area (Å²) >= 11 is 1.87. The van der Waals surface area contributed by atoms with E-state index < -0.39 is 5.41 Å². The van der Waals surface area contributed by atoms with E-state index in [0.717, 1.165) is 17.1 Å². The van der Waals surface area contributed by atoms with Crippen molar-refractivity contribution >= 4 is 81.1 Å². The molecular formula is C53H32N2S. The van der Waals surface area contributed by atoms with Crippen LogP contribution in [0.25, 0.3) is 69.6 Å². The third-order valence-corrected chi connectivity index (χ3v) is 13.7. The molecule has 2 aliphatic carbocycles. The molecule has 2 nitrogen and oxygen atoms in total. The molecule has 260 valence electrons. The Hall–Kier alpha value is -6.94. The van der Waals surface area contributed by atoms with Gasteiger partial charge in [-0.3, -0.25) is 0 Å². The summed E-state index contributed by atoms with van der Waals surface area (Å²) in [5, 5.41) is 7.86. The maximum Gasteiger partial charge on any atom is 0.0726 e. The first-order chi connectivity index (χ1) is 27.8. The average Bonchev–Trinajstić information content (AvgIpc) is 3.90. The molecule has 56 heavy (non-hydrogen) atoms. The van der Waals surface area contributed by atoms with Crippen LogP contribution in [0.15, 0.2) is 194 Å². The van der Waals surface area contributed by atoms with Crippen molar-refractivity contribution < 1.29 is 0 Å². The van der Waals surface area contributed by atoms with E-state index >= 15 is 0 Å². The monoisotopic (exact) mass is 728 g/mol. The number of thiophene rings is 1. The van der Waals surface area contributed by atoms with Crippen LogP contribution in [0.3, 0.4) is 0 Å². The smallest absolute Gasteiger partial charge is 0.0726 e.